The van der Waals surface area contributed by atoms with E-state index in [0.717, 1.165) is 30.9 Å². The highest BCUT2D eigenvalue weighted by atomic mass is 16.1. The average Bonchev–Trinajstić information content (AvgIpc) is 2.93. The van der Waals surface area contributed by atoms with Gasteiger partial charge >= 0.3 is 0 Å². The zero-order valence-electron chi connectivity index (χ0n) is 12.2. The second-order valence-electron chi connectivity index (χ2n) is 6.03. The molecule has 0 aromatic carbocycles. The van der Waals surface area contributed by atoms with Crippen LogP contribution in [0.3, 0.4) is 0 Å². The summed E-state index contributed by atoms with van der Waals surface area (Å²) < 4.78 is 0. The largest absolute Gasteiger partial charge is 0.370 e. The number of pyridine rings is 1. The third-order valence-electron chi connectivity index (χ3n) is 3.59. The van der Waals surface area contributed by atoms with Crippen molar-refractivity contribution in [3.63, 3.8) is 0 Å². The number of amides is 1. The fourth-order valence-corrected chi connectivity index (χ4v) is 2.10. The number of nitrogens with one attached hydrogen (secondary N) is 2. The zero-order valence-corrected chi connectivity index (χ0v) is 12.2. The van der Waals surface area contributed by atoms with E-state index in [-0.39, 0.29) is 11.3 Å². The second kappa shape index (κ2) is 5.19. The van der Waals surface area contributed by atoms with Gasteiger partial charge in [-0.3, -0.25) is 4.79 Å². The van der Waals surface area contributed by atoms with Crippen molar-refractivity contribution in [1.82, 2.24) is 10.3 Å². The van der Waals surface area contributed by atoms with Crippen molar-refractivity contribution in [2.75, 3.05) is 11.9 Å². The van der Waals surface area contributed by atoms with Gasteiger partial charge in [-0.15, -0.1) is 0 Å². The summed E-state index contributed by atoms with van der Waals surface area (Å²) in [4.78, 5) is 16.6. The smallest absolute Gasteiger partial charge is 0.251 e. The first-order valence-electron chi connectivity index (χ1n) is 6.96. The molecule has 1 aromatic heterocycles. The van der Waals surface area contributed by atoms with Gasteiger partial charge in [-0.25, -0.2) is 4.98 Å². The first kappa shape index (κ1) is 13.8. The van der Waals surface area contributed by atoms with Crippen molar-refractivity contribution < 1.29 is 4.79 Å². The molecule has 1 aliphatic carbocycles. The molecule has 1 fully saturated rings. The monoisotopic (exact) mass is 261 g/mol. The lowest BCUT2D eigenvalue weighted by atomic mass is 10.1. The number of hydrogen-bond donors (Lipinski definition) is 2. The molecule has 0 spiro atoms. The number of aryl methyl sites for hydroxylation is 1. The Morgan fingerprint density at radius 3 is 2.74 bits per heavy atom. The van der Waals surface area contributed by atoms with Gasteiger partial charge < -0.3 is 10.6 Å². The van der Waals surface area contributed by atoms with Crippen LogP contribution in [0.1, 0.15) is 49.7 Å². The third kappa shape index (κ3) is 3.46. The van der Waals surface area contributed by atoms with Gasteiger partial charge in [-0.05, 0) is 37.3 Å². The fraction of sp³-hybridized carbons (Fsp3) is 0.600. The van der Waals surface area contributed by atoms with Gasteiger partial charge in [0.2, 0.25) is 0 Å². The first-order chi connectivity index (χ1) is 8.92. The molecule has 2 N–H and O–H groups in total. The van der Waals surface area contributed by atoms with Crippen molar-refractivity contribution in [1.29, 1.82) is 0 Å². The van der Waals surface area contributed by atoms with Crippen LogP contribution in [-0.4, -0.2) is 23.5 Å². The van der Waals surface area contributed by atoms with E-state index in [2.05, 4.69) is 36.4 Å². The second-order valence-corrected chi connectivity index (χ2v) is 6.03. The van der Waals surface area contributed by atoms with E-state index in [1.807, 2.05) is 19.1 Å². The van der Waals surface area contributed by atoms with Crippen molar-refractivity contribution in [3.8, 4) is 0 Å². The van der Waals surface area contributed by atoms with Crippen LogP contribution in [-0.2, 0) is 0 Å². The molecule has 1 amide bonds. The lowest BCUT2D eigenvalue weighted by Gasteiger charge is -2.10. The molecule has 1 aliphatic rings. The van der Waals surface area contributed by atoms with Gasteiger partial charge in [0.05, 0.1) is 0 Å². The first-order valence-corrected chi connectivity index (χ1v) is 6.96. The van der Waals surface area contributed by atoms with Crippen LogP contribution in [0.5, 0.6) is 0 Å². The molecule has 1 unspecified atom stereocenters. The number of anilines is 1. The maximum Gasteiger partial charge on any atom is 0.251 e. The predicted octanol–water partition coefficient (Wildman–Crippen LogP) is 2.74. The third-order valence-corrected chi connectivity index (χ3v) is 3.59. The molecule has 0 radical (unpaired) electrons. The minimum absolute atomic E-state index is 0.000577. The molecule has 0 aliphatic heterocycles. The van der Waals surface area contributed by atoms with Gasteiger partial charge in [0.25, 0.3) is 5.91 Å². The quantitative estimate of drug-likeness (QED) is 0.857. The summed E-state index contributed by atoms with van der Waals surface area (Å²) in [5.41, 5.74) is 1.80. The maximum absolute atomic E-state index is 12.2. The number of carbonyl (C=O) groups is 1. The molecule has 1 atom stereocenters. The molecular formula is C15H23N3O. The molecule has 2 rings (SSSR count). The maximum atomic E-state index is 12.2. The van der Waals surface area contributed by atoms with Crippen LogP contribution in [0.25, 0.3) is 0 Å². The minimum atomic E-state index is 0.000577. The molecule has 0 bridgehead atoms. The summed E-state index contributed by atoms with van der Waals surface area (Å²) >= 11 is 0. The number of nitrogens with zero attached hydrogens (tertiary/aromatic N) is 1. The molecule has 19 heavy (non-hydrogen) atoms. The normalized spacial score (nSPS) is 19.9. The molecule has 4 heteroatoms. The van der Waals surface area contributed by atoms with Gasteiger partial charge in [0.15, 0.2) is 0 Å². The van der Waals surface area contributed by atoms with Crippen LogP contribution in [0.4, 0.5) is 5.82 Å². The Morgan fingerprint density at radius 1 is 1.47 bits per heavy atom. The summed E-state index contributed by atoms with van der Waals surface area (Å²) in [5, 5.41) is 6.30. The Morgan fingerprint density at radius 2 is 2.16 bits per heavy atom. The number of carbonyl (C=O) groups excluding carboxylic acids is 1. The van der Waals surface area contributed by atoms with E-state index in [9.17, 15) is 4.79 Å². The Balaban J connectivity index is 2.06. The van der Waals surface area contributed by atoms with E-state index in [4.69, 9.17) is 0 Å². The summed E-state index contributed by atoms with van der Waals surface area (Å²) in [6, 6.07) is 3.97. The molecule has 1 saturated carbocycles. The van der Waals surface area contributed by atoms with Crippen LogP contribution < -0.4 is 10.6 Å². The van der Waals surface area contributed by atoms with Gasteiger partial charge in [-0.2, -0.15) is 0 Å². The molecule has 1 aromatic rings. The highest BCUT2D eigenvalue weighted by Gasteiger charge is 2.46. The van der Waals surface area contributed by atoms with Crippen molar-refractivity contribution in [3.05, 3.63) is 23.4 Å². The SMILES string of the molecule is CCCNc1cc(C(=O)NC2CC2(C)C)cc(C)n1. The lowest BCUT2D eigenvalue weighted by molar-refractivity contribution is 0.0946. The minimum Gasteiger partial charge on any atom is -0.370 e. The van der Waals surface area contributed by atoms with E-state index in [1.54, 1.807) is 0 Å². The van der Waals surface area contributed by atoms with E-state index < -0.39 is 0 Å². The summed E-state index contributed by atoms with van der Waals surface area (Å²) in [6.45, 7) is 9.22. The lowest BCUT2D eigenvalue weighted by Crippen LogP contribution is -2.28. The van der Waals surface area contributed by atoms with E-state index in [1.165, 1.54) is 0 Å². The van der Waals surface area contributed by atoms with Crippen molar-refractivity contribution in [2.24, 2.45) is 5.41 Å². The molecular weight excluding hydrogens is 238 g/mol. The van der Waals surface area contributed by atoms with Crippen LogP contribution in [0, 0.1) is 12.3 Å². The standard InChI is InChI=1S/C15H23N3O/c1-5-6-16-13-8-11(7-10(2)17-13)14(19)18-12-9-15(12,3)4/h7-8,12H,5-6,9H2,1-4H3,(H,16,17)(H,18,19). The molecule has 4 nitrogen and oxygen atoms in total. The van der Waals surface area contributed by atoms with Gasteiger partial charge in [-0.1, -0.05) is 20.8 Å². The molecule has 0 saturated heterocycles. The number of hydrogen-bond acceptors (Lipinski definition) is 3. The van der Waals surface area contributed by atoms with E-state index in [0.29, 0.717) is 11.6 Å². The fourth-order valence-electron chi connectivity index (χ4n) is 2.10. The Kier molecular flexibility index (Phi) is 3.78. The summed E-state index contributed by atoms with van der Waals surface area (Å²) in [6.07, 6.45) is 2.09. The van der Waals surface area contributed by atoms with Crippen molar-refractivity contribution in [2.45, 2.75) is 46.6 Å². The number of rotatable bonds is 5. The highest BCUT2D eigenvalue weighted by molar-refractivity contribution is 5.95. The Hall–Kier alpha value is -1.58. The Bertz CT molecular complexity index is 482. The average molecular weight is 261 g/mol. The predicted molar refractivity (Wildman–Crippen MR) is 77.4 cm³/mol. The van der Waals surface area contributed by atoms with Crippen molar-refractivity contribution >= 4 is 11.7 Å². The molecule has 1 heterocycles. The topological polar surface area (TPSA) is 54.0 Å². The van der Waals surface area contributed by atoms with Crippen LogP contribution in [0.2, 0.25) is 0 Å². The summed E-state index contributed by atoms with van der Waals surface area (Å²) in [5.74, 6) is 0.780. The molecule has 104 valence electrons. The zero-order chi connectivity index (χ0) is 14.0. The Labute approximate surface area is 115 Å². The number of aromatic nitrogens is 1. The van der Waals surface area contributed by atoms with Crippen LogP contribution in [0.15, 0.2) is 12.1 Å². The van der Waals surface area contributed by atoms with E-state index >= 15 is 0 Å². The van der Waals surface area contributed by atoms with Crippen LogP contribution >= 0.6 is 0 Å². The highest BCUT2D eigenvalue weighted by Crippen LogP contribution is 2.44. The van der Waals surface area contributed by atoms with Gasteiger partial charge in [0, 0.05) is 23.8 Å². The van der Waals surface area contributed by atoms with Gasteiger partial charge in [0.1, 0.15) is 5.82 Å². The summed E-state index contributed by atoms with van der Waals surface area (Å²) in [7, 11) is 0.